The van der Waals surface area contributed by atoms with Gasteiger partial charge in [-0.1, -0.05) is 11.3 Å². The van der Waals surface area contributed by atoms with Gasteiger partial charge in [0.15, 0.2) is 0 Å². The van der Waals surface area contributed by atoms with Gasteiger partial charge in [-0.05, 0) is 24.3 Å². The molecular formula is C13H17N7O. The van der Waals surface area contributed by atoms with Crippen LogP contribution in [0.2, 0.25) is 0 Å². The third kappa shape index (κ3) is 4.69. The minimum absolute atomic E-state index is 0.138. The number of allylic oxidation sites excluding steroid dienone is 2. The number of pyridine rings is 1. The highest BCUT2D eigenvalue weighted by molar-refractivity contribution is 6.03. The zero-order valence-electron chi connectivity index (χ0n) is 11.3. The van der Waals surface area contributed by atoms with E-state index in [1.807, 2.05) is 12.2 Å². The molecule has 8 nitrogen and oxygen atoms in total. The lowest BCUT2D eigenvalue weighted by molar-refractivity contribution is -0.113. The summed E-state index contributed by atoms with van der Waals surface area (Å²) in [4.78, 5) is 16.0. The molecule has 1 aromatic rings. The van der Waals surface area contributed by atoms with Crippen molar-refractivity contribution in [2.24, 2.45) is 5.22 Å². The summed E-state index contributed by atoms with van der Waals surface area (Å²) in [6.45, 7) is 1.15. The van der Waals surface area contributed by atoms with Crippen LogP contribution in [0.5, 0.6) is 0 Å². The second kappa shape index (κ2) is 7.75. The van der Waals surface area contributed by atoms with E-state index in [1.165, 1.54) is 0 Å². The van der Waals surface area contributed by atoms with Crippen LogP contribution in [0.3, 0.4) is 0 Å². The number of hydrogen-bond acceptors (Lipinski definition) is 6. The van der Waals surface area contributed by atoms with Crippen LogP contribution in [0.1, 0.15) is 0 Å². The Kier molecular flexibility index (Phi) is 5.41. The third-order valence-corrected chi connectivity index (χ3v) is 2.74. The minimum Gasteiger partial charge on any atom is -0.362 e. The average Bonchev–Trinajstić information content (AvgIpc) is 2.53. The lowest BCUT2D eigenvalue weighted by Crippen LogP contribution is -2.45. The number of anilines is 1. The molecule has 1 aromatic heterocycles. The van der Waals surface area contributed by atoms with Crippen LogP contribution in [-0.2, 0) is 4.79 Å². The molecule has 0 bridgehead atoms. The van der Waals surface area contributed by atoms with Crippen molar-refractivity contribution in [1.29, 1.82) is 5.53 Å². The van der Waals surface area contributed by atoms with E-state index in [1.54, 1.807) is 30.6 Å². The molecule has 1 amide bonds. The summed E-state index contributed by atoms with van der Waals surface area (Å²) in [6.07, 6.45) is 8.53. The van der Waals surface area contributed by atoms with Crippen LogP contribution in [0, 0.1) is 5.53 Å². The number of hydrogen-bond donors (Lipinski definition) is 5. The van der Waals surface area contributed by atoms with Crippen molar-refractivity contribution in [2.45, 2.75) is 6.17 Å². The summed E-state index contributed by atoms with van der Waals surface area (Å²) in [5, 5.41) is 12.1. The lowest BCUT2D eigenvalue weighted by atomic mass is 10.2. The fourth-order valence-electron chi connectivity index (χ4n) is 1.76. The van der Waals surface area contributed by atoms with Crippen molar-refractivity contribution in [1.82, 2.24) is 21.0 Å². The predicted molar refractivity (Wildman–Crippen MR) is 78.2 cm³/mol. The minimum atomic E-state index is -0.211. The number of nitrogens with zero attached hydrogens (tertiary/aromatic N) is 2. The van der Waals surface area contributed by atoms with E-state index in [0.29, 0.717) is 24.5 Å². The summed E-state index contributed by atoms with van der Waals surface area (Å²) in [5.74, 6) is -0.211. The van der Waals surface area contributed by atoms with Gasteiger partial charge in [-0.2, -0.15) is 5.53 Å². The van der Waals surface area contributed by atoms with Gasteiger partial charge < -0.3 is 10.6 Å². The van der Waals surface area contributed by atoms with Crippen molar-refractivity contribution in [3.05, 3.63) is 48.5 Å². The molecule has 0 radical (unpaired) electrons. The van der Waals surface area contributed by atoms with E-state index >= 15 is 0 Å². The Bertz CT molecular complexity index is 541. The van der Waals surface area contributed by atoms with Crippen molar-refractivity contribution in [3.63, 3.8) is 0 Å². The van der Waals surface area contributed by atoms with Gasteiger partial charge in [0.25, 0.3) is 5.91 Å². The van der Waals surface area contributed by atoms with E-state index in [2.05, 4.69) is 31.6 Å². The Balaban J connectivity index is 1.83. The molecule has 0 saturated carbocycles. The predicted octanol–water partition coefficient (Wildman–Crippen LogP) is 0.515. The summed E-state index contributed by atoms with van der Waals surface area (Å²) in [6, 6.07) is 3.45. The van der Waals surface area contributed by atoms with Gasteiger partial charge >= 0.3 is 0 Å². The van der Waals surface area contributed by atoms with Crippen molar-refractivity contribution in [3.8, 4) is 0 Å². The van der Waals surface area contributed by atoms with Gasteiger partial charge in [-0.15, -0.1) is 0 Å². The quantitative estimate of drug-likeness (QED) is 0.285. The monoisotopic (exact) mass is 287 g/mol. The molecule has 0 fully saturated rings. The van der Waals surface area contributed by atoms with E-state index in [9.17, 15) is 4.79 Å². The normalized spacial score (nSPS) is 16.6. The maximum atomic E-state index is 12.1. The summed E-state index contributed by atoms with van der Waals surface area (Å²) in [5.41, 5.74) is 10.3. The van der Waals surface area contributed by atoms with Crippen LogP contribution in [0.4, 0.5) is 5.69 Å². The van der Waals surface area contributed by atoms with E-state index in [4.69, 9.17) is 5.53 Å². The first-order valence-corrected chi connectivity index (χ1v) is 6.48. The zero-order chi connectivity index (χ0) is 14.9. The molecule has 0 spiro atoms. The highest BCUT2D eigenvalue weighted by Gasteiger charge is 2.15. The Morgan fingerprint density at radius 3 is 2.95 bits per heavy atom. The van der Waals surface area contributed by atoms with Gasteiger partial charge in [-0.25, -0.2) is 0 Å². The van der Waals surface area contributed by atoms with Crippen LogP contribution >= 0.6 is 0 Å². The molecule has 1 aliphatic rings. The molecule has 2 rings (SSSR count). The van der Waals surface area contributed by atoms with Crippen LogP contribution in [0.25, 0.3) is 0 Å². The van der Waals surface area contributed by atoms with Crippen molar-refractivity contribution >= 4 is 11.6 Å². The van der Waals surface area contributed by atoms with Gasteiger partial charge in [-0.3, -0.25) is 20.5 Å². The molecular weight excluding hydrogens is 270 g/mol. The number of nitrogens with one attached hydrogen (secondary N) is 5. The fraction of sp³-hybridized carbons (Fsp3) is 0.231. The van der Waals surface area contributed by atoms with Gasteiger partial charge in [0.1, 0.15) is 5.70 Å². The molecule has 0 aromatic carbocycles. The lowest BCUT2D eigenvalue weighted by Gasteiger charge is -2.22. The topological polar surface area (TPSA) is 114 Å². The zero-order valence-corrected chi connectivity index (χ0v) is 11.3. The molecule has 110 valence electrons. The second-order valence-corrected chi connectivity index (χ2v) is 4.25. The Hall–Kier alpha value is -2.74. The molecule has 1 unspecified atom stereocenters. The van der Waals surface area contributed by atoms with E-state index < -0.39 is 0 Å². The number of carbonyl (C=O) groups is 1. The van der Waals surface area contributed by atoms with Crippen molar-refractivity contribution in [2.75, 3.05) is 18.4 Å². The summed E-state index contributed by atoms with van der Waals surface area (Å²) < 4.78 is 0. The standard InChI is InChI=1S/C13H17N7O/c14-20-17-9-8-16-12-3-1-2-11(19-12)13(21)18-10-4-6-15-7-5-10/h1-7,12,16,19H,8-9H2,(H2,14,17)(H,15,18,21). The number of aromatic nitrogens is 1. The number of rotatable bonds is 7. The Labute approximate surface area is 122 Å². The van der Waals surface area contributed by atoms with Crippen LogP contribution in [0.15, 0.2) is 53.7 Å². The number of amides is 1. The summed E-state index contributed by atoms with van der Waals surface area (Å²) >= 11 is 0. The average molecular weight is 287 g/mol. The first kappa shape index (κ1) is 14.7. The molecule has 0 saturated heterocycles. The number of dihydropyridines is 1. The van der Waals surface area contributed by atoms with Crippen molar-refractivity contribution < 1.29 is 4.79 Å². The molecule has 1 aliphatic heterocycles. The van der Waals surface area contributed by atoms with Gasteiger partial charge in [0.05, 0.1) is 6.17 Å². The summed E-state index contributed by atoms with van der Waals surface area (Å²) in [7, 11) is 0. The maximum Gasteiger partial charge on any atom is 0.271 e. The molecule has 5 N–H and O–H groups in total. The molecule has 2 heterocycles. The number of carbonyl (C=O) groups excluding carboxylic acids is 1. The smallest absolute Gasteiger partial charge is 0.271 e. The third-order valence-electron chi connectivity index (χ3n) is 2.74. The second-order valence-electron chi connectivity index (χ2n) is 4.25. The molecule has 0 aliphatic carbocycles. The van der Waals surface area contributed by atoms with Gasteiger partial charge in [0.2, 0.25) is 0 Å². The van der Waals surface area contributed by atoms with Gasteiger partial charge in [0, 0.05) is 31.2 Å². The van der Waals surface area contributed by atoms with Crippen LogP contribution < -0.4 is 21.4 Å². The fourth-order valence-corrected chi connectivity index (χ4v) is 1.76. The molecule has 8 heteroatoms. The highest BCUT2D eigenvalue weighted by Crippen LogP contribution is 2.07. The highest BCUT2D eigenvalue weighted by atomic mass is 16.2. The maximum absolute atomic E-state index is 12.1. The largest absolute Gasteiger partial charge is 0.362 e. The Morgan fingerprint density at radius 1 is 1.38 bits per heavy atom. The van der Waals surface area contributed by atoms with Crippen LogP contribution in [-0.4, -0.2) is 30.1 Å². The molecule has 1 atom stereocenters. The van der Waals surface area contributed by atoms with E-state index in [-0.39, 0.29) is 12.1 Å². The Morgan fingerprint density at radius 2 is 2.19 bits per heavy atom. The molecule has 21 heavy (non-hydrogen) atoms. The first-order valence-electron chi connectivity index (χ1n) is 6.48. The SMILES string of the molecule is N=NNCCNC1C=CC=C(C(=O)Nc2ccncc2)N1. The first-order chi connectivity index (χ1) is 10.3. The van der Waals surface area contributed by atoms with E-state index in [0.717, 1.165) is 0 Å².